The molecule has 0 atom stereocenters. The van der Waals surface area contributed by atoms with Crippen LogP contribution < -0.4 is 4.40 Å². The van der Waals surface area contributed by atoms with E-state index in [0.717, 1.165) is 0 Å². The molecule has 1 aromatic rings. The third-order valence-corrected chi connectivity index (χ3v) is 3.17. The summed E-state index contributed by atoms with van der Waals surface area (Å²) in [7, 11) is 5.65. The molecule has 0 heterocycles. The maximum absolute atomic E-state index is 5.65. The fourth-order valence-electron chi connectivity index (χ4n) is 0.501. The van der Waals surface area contributed by atoms with Crippen molar-refractivity contribution in [2.75, 3.05) is 0 Å². The van der Waals surface area contributed by atoms with E-state index in [0.29, 0.717) is 0 Å². The summed E-state index contributed by atoms with van der Waals surface area (Å²) in [5, 5.41) is 0. The van der Waals surface area contributed by atoms with Crippen molar-refractivity contribution in [3.05, 3.63) is 30.3 Å². The summed E-state index contributed by atoms with van der Waals surface area (Å²) in [6.45, 7) is 0. The van der Waals surface area contributed by atoms with E-state index in [-0.39, 0.29) is 14.5 Å². The van der Waals surface area contributed by atoms with Gasteiger partial charge < -0.3 is 0 Å². The number of hydrogen-bond donors (Lipinski definition) is 0. The van der Waals surface area contributed by atoms with E-state index in [1.807, 2.05) is 18.2 Å². The summed E-state index contributed by atoms with van der Waals surface area (Å²) in [5.74, 6) is 0. The van der Waals surface area contributed by atoms with Crippen LogP contribution in [0.2, 0.25) is 0 Å². The van der Waals surface area contributed by atoms with Crippen molar-refractivity contribution in [3.8, 4) is 0 Å². The first-order valence-corrected chi connectivity index (χ1v) is 6.16. The molecule has 2 radical (unpaired) electrons. The maximum atomic E-state index is 5.65. The molecule has 1 rings (SSSR count). The summed E-state index contributed by atoms with van der Waals surface area (Å²) in [5.41, 5.74) is 0. The minimum absolute atomic E-state index is 0.332. The third-order valence-electron chi connectivity index (χ3n) is 0.883. The van der Waals surface area contributed by atoms with Gasteiger partial charge in [-0.1, -0.05) is 0 Å². The average Bonchev–Trinajstić information content (AvgIpc) is 1.90. The van der Waals surface area contributed by atoms with E-state index in [9.17, 15) is 0 Å². The Bertz CT molecular complexity index is 150. The van der Waals surface area contributed by atoms with Crippen molar-refractivity contribution in [1.29, 1.82) is 0 Å². The van der Waals surface area contributed by atoms with E-state index in [2.05, 4.69) is 12.1 Å². The van der Waals surface area contributed by atoms with Crippen molar-refractivity contribution in [3.63, 3.8) is 0 Å². The van der Waals surface area contributed by atoms with Crippen molar-refractivity contribution in [2.24, 2.45) is 0 Å². The molecule has 2 heteroatoms. The Balaban J connectivity index is 2.83. The van der Waals surface area contributed by atoms with Crippen molar-refractivity contribution in [2.45, 2.75) is 0 Å². The predicted molar refractivity (Wildman–Crippen MR) is 37.7 cm³/mol. The first-order valence-electron chi connectivity index (χ1n) is 2.35. The molecular weight excluding hydrogens is 180 g/mol. The van der Waals surface area contributed by atoms with Gasteiger partial charge in [0.2, 0.25) is 0 Å². The fourth-order valence-corrected chi connectivity index (χ4v) is 1.82. The van der Waals surface area contributed by atoms with Crippen molar-refractivity contribution in [1.82, 2.24) is 0 Å². The van der Waals surface area contributed by atoms with E-state index in [1.54, 1.807) is 0 Å². The van der Waals surface area contributed by atoms with E-state index in [4.69, 9.17) is 10.0 Å². The normalized spacial score (nSPS) is 9.12. The predicted octanol–water partition coefficient (Wildman–Crippen LogP) is 1.17. The van der Waals surface area contributed by atoms with Crippen LogP contribution >= 0.6 is 10.0 Å². The topological polar surface area (TPSA) is 0 Å². The molecule has 0 aliphatic rings. The Labute approximate surface area is 59.5 Å². The Hall–Kier alpha value is 0.0529. The molecule has 0 bridgehead atoms. The molecule has 0 amide bonds. The van der Waals surface area contributed by atoms with Crippen molar-refractivity contribution < 1.29 is 0 Å². The third kappa shape index (κ3) is 1.53. The van der Waals surface area contributed by atoms with Crippen LogP contribution in [0.5, 0.6) is 0 Å². The molecule has 0 saturated heterocycles. The van der Waals surface area contributed by atoms with Gasteiger partial charge in [-0.25, -0.2) is 0 Å². The molecule has 0 nitrogen and oxygen atoms in total. The Morgan fingerprint density at radius 2 is 1.75 bits per heavy atom. The summed E-state index contributed by atoms with van der Waals surface area (Å²) in [6.07, 6.45) is 0. The molecule has 0 saturated carbocycles. The van der Waals surface area contributed by atoms with E-state index in [1.165, 1.54) is 4.40 Å². The van der Waals surface area contributed by atoms with Gasteiger partial charge in [-0.3, -0.25) is 0 Å². The number of hydrogen-bond acceptors (Lipinski definition) is 0. The Morgan fingerprint density at radius 1 is 1.12 bits per heavy atom. The first-order chi connectivity index (χ1) is 3.93. The number of benzene rings is 1. The summed E-state index contributed by atoms with van der Waals surface area (Å²) < 4.78 is 1.30. The standard InChI is InChI=1S/C6H5ClGe/c7-8-6-4-2-1-3-5-6/h1-5H. The zero-order chi connectivity index (χ0) is 5.82. The first kappa shape index (κ1) is 6.18. The monoisotopic (exact) mass is 186 g/mol. The SMILES string of the molecule is [Cl][Ge][c]1ccccc1. The van der Waals surface area contributed by atoms with E-state index >= 15 is 0 Å². The summed E-state index contributed by atoms with van der Waals surface area (Å²) in [4.78, 5) is 0. The van der Waals surface area contributed by atoms with Crippen LogP contribution in [-0.2, 0) is 0 Å². The molecule has 0 aliphatic heterocycles. The number of halogens is 1. The molecule has 0 N–H and O–H groups in total. The Morgan fingerprint density at radius 3 is 2.12 bits per heavy atom. The van der Waals surface area contributed by atoms with Gasteiger partial charge in [0.25, 0.3) is 0 Å². The van der Waals surface area contributed by atoms with Gasteiger partial charge in [-0.2, -0.15) is 0 Å². The summed E-state index contributed by atoms with van der Waals surface area (Å²) in [6, 6.07) is 10.2. The molecule has 0 aliphatic carbocycles. The number of rotatable bonds is 1. The Kier molecular flexibility index (Phi) is 2.43. The van der Waals surface area contributed by atoms with Gasteiger partial charge in [0.1, 0.15) is 0 Å². The molecule has 8 heavy (non-hydrogen) atoms. The van der Waals surface area contributed by atoms with Gasteiger partial charge in [0.15, 0.2) is 0 Å². The second-order valence-corrected chi connectivity index (χ2v) is 4.05. The zero-order valence-corrected chi connectivity index (χ0v) is 7.12. The van der Waals surface area contributed by atoms with Crippen LogP contribution in [0.15, 0.2) is 30.3 Å². The van der Waals surface area contributed by atoms with Crippen LogP contribution in [0.25, 0.3) is 0 Å². The zero-order valence-electron chi connectivity index (χ0n) is 4.26. The molecule has 0 aromatic heterocycles. The second kappa shape index (κ2) is 3.15. The average molecular weight is 185 g/mol. The molecule has 0 unspecified atom stereocenters. The van der Waals surface area contributed by atoms with Gasteiger partial charge >= 0.3 is 59.2 Å². The summed E-state index contributed by atoms with van der Waals surface area (Å²) >= 11 is -0.332. The molecule has 1 aromatic carbocycles. The van der Waals surface area contributed by atoms with Gasteiger partial charge in [0, 0.05) is 0 Å². The van der Waals surface area contributed by atoms with Crippen LogP contribution in [-0.4, -0.2) is 14.5 Å². The van der Waals surface area contributed by atoms with Crippen LogP contribution in [0.4, 0.5) is 0 Å². The van der Waals surface area contributed by atoms with E-state index < -0.39 is 0 Å². The molecule has 40 valence electrons. The molecule has 0 fully saturated rings. The molecule has 0 spiro atoms. The van der Waals surface area contributed by atoms with Crippen molar-refractivity contribution >= 4 is 28.9 Å². The van der Waals surface area contributed by atoms with Crippen LogP contribution in [0, 0.1) is 0 Å². The van der Waals surface area contributed by atoms with Gasteiger partial charge in [-0.15, -0.1) is 0 Å². The quantitative estimate of drug-likeness (QED) is 0.576. The second-order valence-electron chi connectivity index (χ2n) is 1.46. The fraction of sp³-hybridized carbons (Fsp3) is 0. The van der Waals surface area contributed by atoms with Gasteiger partial charge in [0.05, 0.1) is 0 Å². The van der Waals surface area contributed by atoms with Crippen LogP contribution in [0.1, 0.15) is 0 Å². The minimum atomic E-state index is -0.332. The van der Waals surface area contributed by atoms with Gasteiger partial charge in [-0.05, 0) is 0 Å². The molecular formula is C6H5ClGe. The van der Waals surface area contributed by atoms with Crippen LogP contribution in [0.3, 0.4) is 0 Å².